The number of nitrogens with two attached hydrogens (primary N) is 1. The van der Waals surface area contributed by atoms with E-state index in [-0.39, 0.29) is 0 Å². The van der Waals surface area contributed by atoms with Gasteiger partial charge in [-0.05, 0) is 25.0 Å². The molecule has 3 nitrogen and oxygen atoms in total. The van der Waals surface area contributed by atoms with Gasteiger partial charge in [0.05, 0.1) is 12.4 Å². The minimum Gasteiger partial charge on any atom is -0.323 e. The molecule has 1 heterocycles. The van der Waals surface area contributed by atoms with Crippen LogP contribution in [0.15, 0.2) is 30.6 Å². The van der Waals surface area contributed by atoms with Crippen LogP contribution in [-0.4, -0.2) is 9.89 Å². The summed E-state index contributed by atoms with van der Waals surface area (Å²) in [6.07, 6.45) is 3.59. The molecule has 2 rings (SSSR count). The Morgan fingerprint density at radius 2 is 2.07 bits per heavy atom. The minimum atomic E-state index is 1.06. The fraction of sp³-hybridized carbons (Fsp3) is 0.182. The maximum atomic E-state index is 5.50. The van der Waals surface area contributed by atoms with Gasteiger partial charge in [-0.3, -0.25) is 0 Å². The normalized spacial score (nSPS) is 10.4. The van der Waals surface area contributed by atoms with Crippen molar-refractivity contribution in [3.63, 3.8) is 0 Å². The predicted octanol–water partition coefficient (Wildman–Crippen LogP) is 1.88. The molecule has 0 unspecified atom stereocenters. The van der Waals surface area contributed by atoms with Crippen molar-refractivity contribution in [1.29, 1.82) is 0 Å². The third kappa shape index (κ3) is 1.48. The standard InChI is InChI=1S/C11H13N3/c1-8-3-4-11(9(2)5-8)10-6-13-14(12)7-10/h3-7H,12H2,1-2H3. The molecule has 2 aromatic rings. The van der Waals surface area contributed by atoms with Gasteiger partial charge in [0.1, 0.15) is 0 Å². The van der Waals surface area contributed by atoms with Gasteiger partial charge in [-0.1, -0.05) is 23.8 Å². The molecule has 14 heavy (non-hydrogen) atoms. The largest absolute Gasteiger partial charge is 0.323 e. The number of benzene rings is 1. The van der Waals surface area contributed by atoms with Crippen LogP contribution in [0.5, 0.6) is 0 Å². The lowest BCUT2D eigenvalue weighted by atomic mass is 10.0. The van der Waals surface area contributed by atoms with E-state index in [2.05, 4.69) is 37.1 Å². The van der Waals surface area contributed by atoms with Crippen LogP contribution in [-0.2, 0) is 0 Å². The summed E-state index contributed by atoms with van der Waals surface area (Å²) in [5.41, 5.74) is 4.77. The van der Waals surface area contributed by atoms with Crippen molar-refractivity contribution in [1.82, 2.24) is 9.89 Å². The Labute approximate surface area is 83.1 Å². The lowest BCUT2D eigenvalue weighted by Gasteiger charge is -2.03. The molecule has 0 aliphatic heterocycles. The average Bonchev–Trinajstić information content (AvgIpc) is 2.51. The molecule has 0 bridgehead atoms. The van der Waals surface area contributed by atoms with E-state index in [0.29, 0.717) is 0 Å². The molecule has 72 valence electrons. The second-order valence-corrected chi connectivity index (χ2v) is 3.53. The first kappa shape index (κ1) is 8.81. The van der Waals surface area contributed by atoms with Gasteiger partial charge in [-0.15, -0.1) is 0 Å². The summed E-state index contributed by atoms with van der Waals surface area (Å²) >= 11 is 0. The second-order valence-electron chi connectivity index (χ2n) is 3.53. The summed E-state index contributed by atoms with van der Waals surface area (Å²) in [5.74, 6) is 5.50. The Kier molecular flexibility index (Phi) is 2.00. The molecule has 1 aromatic carbocycles. The SMILES string of the molecule is Cc1ccc(-c2cnn(N)c2)c(C)c1. The fourth-order valence-corrected chi connectivity index (χ4v) is 1.61. The van der Waals surface area contributed by atoms with Crippen LogP contribution >= 0.6 is 0 Å². The molecule has 0 fully saturated rings. The maximum absolute atomic E-state index is 5.50. The Bertz CT molecular complexity index is 457. The summed E-state index contributed by atoms with van der Waals surface area (Å²) < 4.78 is 0. The molecule has 0 aliphatic rings. The third-order valence-corrected chi connectivity index (χ3v) is 2.29. The van der Waals surface area contributed by atoms with Crippen molar-refractivity contribution in [2.75, 3.05) is 5.84 Å². The van der Waals surface area contributed by atoms with Crippen molar-refractivity contribution < 1.29 is 0 Å². The van der Waals surface area contributed by atoms with Gasteiger partial charge >= 0.3 is 0 Å². The van der Waals surface area contributed by atoms with Crippen LogP contribution < -0.4 is 5.84 Å². The zero-order chi connectivity index (χ0) is 10.1. The van der Waals surface area contributed by atoms with Gasteiger partial charge in [0.2, 0.25) is 0 Å². The van der Waals surface area contributed by atoms with E-state index < -0.39 is 0 Å². The number of aromatic nitrogens is 2. The van der Waals surface area contributed by atoms with Crippen LogP contribution in [0, 0.1) is 13.8 Å². The molecule has 0 spiro atoms. The number of aryl methyl sites for hydroxylation is 2. The first-order chi connectivity index (χ1) is 6.66. The highest BCUT2D eigenvalue weighted by Crippen LogP contribution is 2.22. The summed E-state index contributed by atoms with van der Waals surface area (Å²) in [6, 6.07) is 6.35. The number of hydrogen-bond acceptors (Lipinski definition) is 2. The van der Waals surface area contributed by atoms with Crippen molar-refractivity contribution in [2.24, 2.45) is 0 Å². The minimum absolute atomic E-state index is 1.06. The van der Waals surface area contributed by atoms with Gasteiger partial charge in [0.25, 0.3) is 0 Å². The average molecular weight is 187 g/mol. The van der Waals surface area contributed by atoms with E-state index in [9.17, 15) is 0 Å². The Balaban J connectivity index is 2.52. The Morgan fingerprint density at radius 1 is 1.29 bits per heavy atom. The van der Waals surface area contributed by atoms with E-state index in [1.54, 1.807) is 6.20 Å². The molecule has 3 heteroatoms. The highest BCUT2D eigenvalue weighted by Gasteiger charge is 2.03. The van der Waals surface area contributed by atoms with Gasteiger partial charge in [-0.2, -0.15) is 9.89 Å². The van der Waals surface area contributed by atoms with Crippen molar-refractivity contribution in [3.05, 3.63) is 41.7 Å². The zero-order valence-electron chi connectivity index (χ0n) is 8.36. The first-order valence-electron chi connectivity index (χ1n) is 4.54. The van der Waals surface area contributed by atoms with E-state index in [4.69, 9.17) is 5.84 Å². The van der Waals surface area contributed by atoms with Crippen molar-refractivity contribution >= 4 is 0 Å². The number of nitrogens with zero attached hydrogens (tertiary/aromatic N) is 2. The molecular weight excluding hydrogens is 174 g/mol. The van der Waals surface area contributed by atoms with Crippen molar-refractivity contribution in [3.8, 4) is 11.1 Å². The van der Waals surface area contributed by atoms with E-state index >= 15 is 0 Å². The van der Waals surface area contributed by atoms with Gasteiger partial charge in [0, 0.05) is 5.56 Å². The quantitative estimate of drug-likeness (QED) is 0.693. The van der Waals surface area contributed by atoms with Gasteiger partial charge in [-0.25, -0.2) is 0 Å². The Morgan fingerprint density at radius 3 is 2.64 bits per heavy atom. The summed E-state index contributed by atoms with van der Waals surface area (Å²) in [6.45, 7) is 4.18. The molecule has 0 saturated heterocycles. The maximum Gasteiger partial charge on any atom is 0.0589 e. The van der Waals surface area contributed by atoms with E-state index in [1.807, 2.05) is 6.20 Å². The van der Waals surface area contributed by atoms with Crippen LogP contribution in [0.25, 0.3) is 11.1 Å². The molecule has 0 amide bonds. The molecule has 0 aliphatic carbocycles. The fourth-order valence-electron chi connectivity index (χ4n) is 1.61. The van der Waals surface area contributed by atoms with Gasteiger partial charge < -0.3 is 5.84 Å². The number of nitrogen functional groups attached to an aromatic ring is 1. The second kappa shape index (κ2) is 3.18. The third-order valence-electron chi connectivity index (χ3n) is 2.29. The Hall–Kier alpha value is -1.77. The van der Waals surface area contributed by atoms with E-state index in [1.165, 1.54) is 21.5 Å². The summed E-state index contributed by atoms with van der Waals surface area (Å²) in [5, 5.41) is 3.95. The predicted molar refractivity (Wildman–Crippen MR) is 57.3 cm³/mol. The molecule has 1 aromatic heterocycles. The molecule has 0 saturated carbocycles. The number of hydrogen-bond donors (Lipinski definition) is 1. The summed E-state index contributed by atoms with van der Waals surface area (Å²) in [4.78, 5) is 1.33. The molecular formula is C11H13N3. The van der Waals surface area contributed by atoms with Crippen molar-refractivity contribution in [2.45, 2.75) is 13.8 Å². The highest BCUT2D eigenvalue weighted by molar-refractivity contribution is 5.66. The lowest BCUT2D eigenvalue weighted by molar-refractivity contribution is 0.832. The van der Waals surface area contributed by atoms with Gasteiger partial charge in [0.15, 0.2) is 0 Å². The first-order valence-corrected chi connectivity index (χ1v) is 4.54. The van der Waals surface area contributed by atoms with Crippen LogP contribution in [0.3, 0.4) is 0 Å². The molecule has 0 radical (unpaired) electrons. The monoisotopic (exact) mass is 187 g/mol. The zero-order valence-corrected chi connectivity index (χ0v) is 8.36. The van der Waals surface area contributed by atoms with Crippen LogP contribution in [0.2, 0.25) is 0 Å². The molecule has 0 atom stereocenters. The van der Waals surface area contributed by atoms with E-state index in [0.717, 1.165) is 5.56 Å². The highest BCUT2D eigenvalue weighted by atomic mass is 15.5. The van der Waals surface area contributed by atoms with Crippen LogP contribution in [0.1, 0.15) is 11.1 Å². The molecule has 2 N–H and O–H groups in total. The van der Waals surface area contributed by atoms with Crippen LogP contribution in [0.4, 0.5) is 0 Å². The smallest absolute Gasteiger partial charge is 0.0589 e. The summed E-state index contributed by atoms with van der Waals surface area (Å²) in [7, 11) is 0. The topological polar surface area (TPSA) is 43.8 Å². The lowest BCUT2D eigenvalue weighted by Crippen LogP contribution is -2.06. The number of rotatable bonds is 1.